The highest BCUT2D eigenvalue weighted by molar-refractivity contribution is 5.88. The van der Waals surface area contributed by atoms with E-state index in [-0.39, 0.29) is 24.2 Å². The lowest BCUT2D eigenvalue weighted by molar-refractivity contribution is -0.136. The number of hydrogen-bond donors (Lipinski definition) is 1. The van der Waals surface area contributed by atoms with Crippen molar-refractivity contribution >= 4 is 5.97 Å². The van der Waals surface area contributed by atoms with E-state index < -0.39 is 5.97 Å². The molecule has 6 heteroatoms. The van der Waals surface area contributed by atoms with Gasteiger partial charge in [-0.15, -0.1) is 0 Å². The second-order valence-electron chi connectivity index (χ2n) is 4.57. The quantitative estimate of drug-likeness (QED) is 0.470. The molecule has 1 aromatic rings. The molecule has 1 heterocycles. The minimum Gasteiger partial charge on any atom is -0.512 e. The first-order chi connectivity index (χ1) is 10.1. The van der Waals surface area contributed by atoms with E-state index in [0.717, 1.165) is 5.56 Å². The number of aliphatic hydroxyl groups is 1. The number of methoxy groups -OCH3 is 1. The molecule has 0 aliphatic heterocycles. The molecule has 21 heavy (non-hydrogen) atoms. The largest absolute Gasteiger partial charge is 0.512 e. The zero-order chi connectivity index (χ0) is 15.7. The molecule has 0 aromatic carbocycles. The van der Waals surface area contributed by atoms with Crippen molar-refractivity contribution < 1.29 is 14.6 Å². The molecule has 6 nitrogen and oxygen atoms in total. The number of aromatic nitrogens is 2. The fourth-order valence-electron chi connectivity index (χ4n) is 1.83. The van der Waals surface area contributed by atoms with Crippen molar-refractivity contribution in [2.75, 3.05) is 7.11 Å². The van der Waals surface area contributed by atoms with Crippen LogP contribution in [0.1, 0.15) is 37.1 Å². The summed E-state index contributed by atoms with van der Waals surface area (Å²) in [4.78, 5) is 19.8. The number of nitrogens with zero attached hydrogens (tertiary/aromatic N) is 3. The first-order valence-electron chi connectivity index (χ1n) is 6.72. The van der Waals surface area contributed by atoms with Gasteiger partial charge in [0.25, 0.3) is 0 Å². The number of aryl methyl sites for hydroxylation is 2. The lowest BCUT2D eigenvalue weighted by Crippen LogP contribution is -2.08. The lowest BCUT2D eigenvalue weighted by Gasteiger charge is -2.08. The Labute approximate surface area is 124 Å². The third-order valence-electron chi connectivity index (χ3n) is 2.98. The number of allylic oxidation sites excluding steroid dienone is 1. The molecule has 0 spiro atoms. The van der Waals surface area contributed by atoms with Gasteiger partial charge in [-0.2, -0.15) is 5.26 Å². The maximum atomic E-state index is 11.6. The molecule has 0 amide bonds. The number of ether oxygens (including phenoxy) is 1. The molecule has 112 valence electrons. The standard InChI is InChI=1S/C15H19N3O3/c1-11-17-9-12(10-18-11)5-3-7-14(19)13(6-4-8-16)15(20)21-2/h9-10,19H,3-7H2,1-2H3/b14-13-. The van der Waals surface area contributed by atoms with Gasteiger partial charge in [-0.1, -0.05) is 0 Å². The molecular weight excluding hydrogens is 270 g/mol. The molecule has 0 radical (unpaired) electrons. The molecule has 0 aliphatic carbocycles. The normalized spacial score (nSPS) is 11.5. The highest BCUT2D eigenvalue weighted by atomic mass is 16.5. The molecule has 0 aliphatic rings. The van der Waals surface area contributed by atoms with E-state index in [9.17, 15) is 9.90 Å². The maximum absolute atomic E-state index is 11.6. The zero-order valence-electron chi connectivity index (χ0n) is 12.3. The Morgan fingerprint density at radius 2 is 2.05 bits per heavy atom. The van der Waals surface area contributed by atoms with Crippen molar-refractivity contribution in [3.8, 4) is 6.07 Å². The monoisotopic (exact) mass is 289 g/mol. The minimum atomic E-state index is -0.582. The topological polar surface area (TPSA) is 96.1 Å². The molecule has 0 fully saturated rings. The van der Waals surface area contributed by atoms with Crippen molar-refractivity contribution in [2.24, 2.45) is 0 Å². The Kier molecular flexibility index (Phi) is 6.88. The van der Waals surface area contributed by atoms with Crippen molar-refractivity contribution in [3.63, 3.8) is 0 Å². The van der Waals surface area contributed by atoms with E-state index in [2.05, 4.69) is 14.7 Å². The highest BCUT2D eigenvalue weighted by Gasteiger charge is 2.15. The van der Waals surface area contributed by atoms with Crippen LogP contribution >= 0.6 is 0 Å². The smallest absolute Gasteiger partial charge is 0.337 e. The van der Waals surface area contributed by atoms with Gasteiger partial charge in [-0.25, -0.2) is 14.8 Å². The van der Waals surface area contributed by atoms with Crippen LogP contribution in [0.25, 0.3) is 0 Å². The van der Waals surface area contributed by atoms with Crippen LogP contribution in [0.2, 0.25) is 0 Å². The summed E-state index contributed by atoms with van der Waals surface area (Å²) >= 11 is 0. The summed E-state index contributed by atoms with van der Waals surface area (Å²) in [5.41, 5.74) is 1.16. The Hall–Kier alpha value is -2.42. The zero-order valence-corrected chi connectivity index (χ0v) is 12.3. The predicted molar refractivity (Wildman–Crippen MR) is 76.2 cm³/mol. The van der Waals surface area contributed by atoms with Crippen LogP contribution in [0.4, 0.5) is 0 Å². The molecule has 1 N–H and O–H groups in total. The Morgan fingerprint density at radius 3 is 2.62 bits per heavy atom. The van der Waals surface area contributed by atoms with Crippen molar-refractivity contribution in [1.29, 1.82) is 5.26 Å². The van der Waals surface area contributed by atoms with Crippen LogP contribution in [-0.4, -0.2) is 28.2 Å². The van der Waals surface area contributed by atoms with Crippen LogP contribution in [0.15, 0.2) is 23.7 Å². The summed E-state index contributed by atoms with van der Waals surface area (Å²) in [7, 11) is 1.26. The lowest BCUT2D eigenvalue weighted by atomic mass is 10.0. The van der Waals surface area contributed by atoms with Gasteiger partial charge < -0.3 is 9.84 Å². The average Bonchev–Trinajstić information content (AvgIpc) is 2.49. The molecule has 0 atom stereocenters. The number of carbonyl (C=O) groups is 1. The highest BCUT2D eigenvalue weighted by Crippen LogP contribution is 2.16. The number of rotatable bonds is 7. The third-order valence-corrected chi connectivity index (χ3v) is 2.98. The van der Waals surface area contributed by atoms with Crippen LogP contribution < -0.4 is 0 Å². The summed E-state index contributed by atoms with van der Waals surface area (Å²) in [6, 6.07) is 1.95. The molecular formula is C15H19N3O3. The van der Waals surface area contributed by atoms with E-state index in [1.54, 1.807) is 12.4 Å². The van der Waals surface area contributed by atoms with Crippen molar-refractivity contribution in [3.05, 3.63) is 35.1 Å². The van der Waals surface area contributed by atoms with Gasteiger partial charge in [0.1, 0.15) is 11.6 Å². The Morgan fingerprint density at radius 1 is 1.38 bits per heavy atom. The summed E-state index contributed by atoms with van der Waals surface area (Å²) in [5.74, 6) is 0.123. The number of carbonyl (C=O) groups excluding carboxylic acids is 1. The van der Waals surface area contributed by atoms with E-state index in [1.165, 1.54) is 7.11 Å². The van der Waals surface area contributed by atoms with Crippen LogP contribution in [0.3, 0.4) is 0 Å². The van der Waals surface area contributed by atoms with Crippen LogP contribution in [-0.2, 0) is 16.0 Å². The summed E-state index contributed by atoms with van der Waals surface area (Å²) in [6.07, 6.45) is 5.58. The molecule has 0 bridgehead atoms. The number of nitriles is 1. The average molecular weight is 289 g/mol. The minimum absolute atomic E-state index is 0.00914. The molecule has 1 aromatic heterocycles. The van der Waals surface area contributed by atoms with Gasteiger partial charge in [-0.3, -0.25) is 0 Å². The van der Waals surface area contributed by atoms with Crippen molar-refractivity contribution in [1.82, 2.24) is 9.97 Å². The maximum Gasteiger partial charge on any atom is 0.337 e. The fourth-order valence-corrected chi connectivity index (χ4v) is 1.83. The summed E-state index contributed by atoms with van der Waals surface area (Å²) in [5, 5.41) is 18.6. The van der Waals surface area contributed by atoms with Crippen LogP contribution in [0, 0.1) is 18.3 Å². The van der Waals surface area contributed by atoms with Gasteiger partial charge in [0.15, 0.2) is 0 Å². The Balaban J connectivity index is 2.60. The Bertz CT molecular complexity index is 544. The first-order valence-corrected chi connectivity index (χ1v) is 6.72. The fraction of sp³-hybridized carbons (Fsp3) is 0.467. The van der Waals surface area contributed by atoms with Gasteiger partial charge in [0.2, 0.25) is 0 Å². The number of aliphatic hydroxyl groups excluding tert-OH is 1. The molecule has 0 saturated heterocycles. The molecule has 0 unspecified atom stereocenters. The first kappa shape index (κ1) is 16.6. The predicted octanol–water partition coefficient (Wildman–Crippen LogP) is 2.40. The van der Waals surface area contributed by atoms with E-state index in [0.29, 0.717) is 25.1 Å². The SMILES string of the molecule is COC(=O)/C(CCC#N)=C(\O)CCCc1cnc(C)nc1. The third kappa shape index (κ3) is 5.61. The van der Waals surface area contributed by atoms with Crippen LogP contribution in [0.5, 0.6) is 0 Å². The van der Waals surface area contributed by atoms with E-state index in [4.69, 9.17) is 5.26 Å². The summed E-state index contributed by atoms with van der Waals surface area (Å²) < 4.78 is 4.62. The van der Waals surface area contributed by atoms with Gasteiger partial charge in [0, 0.05) is 25.2 Å². The van der Waals surface area contributed by atoms with Gasteiger partial charge in [-0.05, 0) is 31.7 Å². The second kappa shape index (κ2) is 8.69. The number of hydrogen-bond acceptors (Lipinski definition) is 6. The van der Waals surface area contributed by atoms with E-state index in [1.807, 2.05) is 13.0 Å². The second-order valence-corrected chi connectivity index (χ2v) is 4.57. The van der Waals surface area contributed by atoms with Crippen molar-refractivity contribution in [2.45, 2.75) is 39.0 Å². The molecule has 1 rings (SSSR count). The van der Waals surface area contributed by atoms with Gasteiger partial charge in [0.05, 0.1) is 18.8 Å². The molecule has 0 saturated carbocycles. The summed E-state index contributed by atoms with van der Waals surface area (Å²) in [6.45, 7) is 1.82. The number of esters is 1. The van der Waals surface area contributed by atoms with Gasteiger partial charge >= 0.3 is 5.97 Å². The van der Waals surface area contributed by atoms with E-state index >= 15 is 0 Å².